The van der Waals surface area contributed by atoms with Crippen LogP contribution in [-0.4, -0.2) is 12.0 Å². The van der Waals surface area contributed by atoms with Crippen LogP contribution in [0.4, 0.5) is 18.9 Å². The molecule has 0 aliphatic heterocycles. The summed E-state index contributed by atoms with van der Waals surface area (Å²) in [5.41, 5.74) is 0.514. The van der Waals surface area contributed by atoms with Crippen molar-refractivity contribution in [1.29, 1.82) is 0 Å². The minimum atomic E-state index is -4.40. The van der Waals surface area contributed by atoms with Crippen molar-refractivity contribution < 1.29 is 13.2 Å². The van der Waals surface area contributed by atoms with Crippen LogP contribution >= 0.6 is 0 Å². The van der Waals surface area contributed by atoms with E-state index in [-0.39, 0.29) is 5.69 Å². The Morgan fingerprint density at radius 2 is 1.72 bits per heavy atom. The fourth-order valence-corrected chi connectivity index (χ4v) is 1.66. The number of alkyl halides is 3. The molecule has 0 aliphatic rings. The Morgan fingerprint density at radius 3 is 2.28 bits per heavy atom. The summed E-state index contributed by atoms with van der Waals surface area (Å²) in [5.74, 6) is 0. The molecule has 0 aliphatic carbocycles. The second kappa shape index (κ2) is 4.68. The van der Waals surface area contributed by atoms with Crippen molar-refractivity contribution in [2.24, 2.45) is 0 Å². The molecular formula is C13H11F3N2. The second-order valence-electron chi connectivity index (χ2n) is 3.72. The van der Waals surface area contributed by atoms with E-state index in [1.54, 1.807) is 31.3 Å². The molecule has 0 unspecified atom stereocenters. The number of hydrogen-bond acceptors (Lipinski definition) is 2. The van der Waals surface area contributed by atoms with Gasteiger partial charge in [0.25, 0.3) is 0 Å². The molecule has 5 heteroatoms. The second-order valence-corrected chi connectivity index (χ2v) is 3.72. The van der Waals surface area contributed by atoms with E-state index in [1.807, 2.05) is 0 Å². The molecule has 0 bridgehead atoms. The first-order valence-electron chi connectivity index (χ1n) is 5.33. The van der Waals surface area contributed by atoms with Crippen LogP contribution in [0.5, 0.6) is 0 Å². The number of aromatic nitrogens is 1. The van der Waals surface area contributed by atoms with Crippen LogP contribution in [0.15, 0.2) is 42.6 Å². The number of halogens is 3. The smallest absolute Gasteiger partial charge is 0.388 e. The summed E-state index contributed by atoms with van der Waals surface area (Å²) >= 11 is 0. The minimum absolute atomic E-state index is 0.0485. The predicted molar refractivity (Wildman–Crippen MR) is 64.2 cm³/mol. The summed E-state index contributed by atoms with van der Waals surface area (Å²) in [7, 11) is 1.75. The normalized spacial score (nSPS) is 11.3. The number of nitrogens with one attached hydrogen (secondary N) is 1. The van der Waals surface area contributed by atoms with Gasteiger partial charge in [0.2, 0.25) is 0 Å². The van der Waals surface area contributed by atoms with Crippen molar-refractivity contribution in [2.45, 2.75) is 6.18 Å². The minimum Gasteiger partial charge on any atom is -0.388 e. The fraction of sp³-hybridized carbons (Fsp3) is 0.154. The largest absolute Gasteiger partial charge is 0.418 e. The maximum Gasteiger partial charge on any atom is 0.418 e. The number of rotatable bonds is 2. The van der Waals surface area contributed by atoms with Gasteiger partial charge in [0, 0.05) is 24.5 Å². The molecule has 1 N–H and O–H groups in total. The molecule has 1 aromatic heterocycles. The van der Waals surface area contributed by atoms with E-state index in [4.69, 9.17) is 0 Å². The highest BCUT2D eigenvalue weighted by Crippen LogP contribution is 2.35. The molecule has 0 fully saturated rings. The van der Waals surface area contributed by atoms with E-state index in [9.17, 15) is 13.2 Å². The highest BCUT2D eigenvalue weighted by atomic mass is 19.4. The highest BCUT2D eigenvalue weighted by Gasteiger charge is 2.34. The van der Waals surface area contributed by atoms with Crippen LogP contribution in [0.1, 0.15) is 5.56 Å². The highest BCUT2D eigenvalue weighted by molar-refractivity contribution is 5.66. The van der Waals surface area contributed by atoms with E-state index in [2.05, 4.69) is 10.3 Å². The van der Waals surface area contributed by atoms with Crippen LogP contribution < -0.4 is 5.32 Å². The average molecular weight is 252 g/mol. The zero-order valence-corrected chi connectivity index (χ0v) is 9.62. The summed E-state index contributed by atoms with van der Waals surface area (Å²) in [4.78, 5) is 3.83. The van der Waals surface area contributed by atoms with E-state index in [1.165, 1.54) is 12.3 Å². The molecule has 18 heavy (non-hydrogen) atoms. The molecule has 0 spiro atoms. The molecule has 0 saturated carbocycles. The first kappa shape index (κ1) is 12.4. The van der Waals surface area contributed by atoms with E-state index in [0.717, 1.165) is 11.8 Å². The van der Waals surface area contributed by atoms with Crippen molar-refractivity contribution in [2.75, 3.05) is 12.4 Å². The zero-order chi connectivity index (χ0) is 13.2. The van der Waals surface area contributed by atoms with E-state index >= 15 is 0 Å². The monoisotopic (exact) mass is 252 g/mol. The molecule has 0 atom stereocenters. The van der Waals surface area contributed by atoms with Crippen LogP contribution in [0.3, 0.4) is 0 Å². The molecule has 0 amide bonds. The molecule has 94 valence electrons. The molecule has 2 nitrogen and oxygen atoms in total. The quantitative estimate of drug-likeness (QED) is 0.879. The first-order valence-corrected chi connectivity index (χ1v) is 5.33. The average Bonchev–Trinajstić information content (AvgIpc) is 2.38. The summed E-state index contributed by atoms with van der Waals surface area (Å²) in [6, 6.07) is 8.98. The summed E-state index contributed by atoms with van der Waals surface area (Å²) in [6.07, 6.45) is -3.04. The van der Waals surface area contributed by atoms with Gasteiger partial charge in [-0.1, -0.05) is 12.1 Å². The standard InChI is InChI=1S/C13H11F3N2/c1-17-10-6-4-9(5-7-10)12-11(13(14,15)16)3-2-8-18-12/h2-8,17H,1H3. The molecule has 0 radical (unpaired) electrons. The lowest BCUT2D eigenvalue weighted by atomic mass is 10.1. The molecule has 0 saturated heterocycles. The van der Waals surface area contributed by atoms with Gasteiger partial charge in [-0.25, -0.2) is 0 Å². The van der Waals surface area contributed by atoms with Crippen LogP contribution in [-0.2, 0) is 6.18 Å². The Bertz CT molecular complexity index is 533. The van der Waals surface area contributed by atoms with Crippen LogP contribution in [0.2, 0.25) is 0 Å². The van der Waals surface area contributed by atoms with E-state index < -0.39 is 11.7 Å². The van der Waals surface area contributed by atoms with Gasteiger partial charge < -0.3 is 5.32 Å². The molecular weight excluding hydrogens is 241 g/mol. The number of hydrogen-bond donors (Lipinski definition) is 1. The topological polar surface area (TPSA) is 24.9 Å². The summed E-state index contributed by atoms with van der Waals surface area (Å²) in [6.45, 7) is 0. The Labute approximate surface area is 102 Å². The maximum atomic E-state index is 12.8. The number of benzene rings is 1. The van der Waals surface area contributed by atoms with Crippen LogP contribution in [0.25, 0.3) is 11.3 Å². The van der Waals surface area contributed by atoms with Crippen LogP contribution in [0, 0.1) is 0 Å². The third-order valence-corrected chi connectivity index (χ3v) is 2.56. The SMILES string of the molecule is CNc1ccc(-c2ncccc2C(F)(F)F)cc1. The predicted octanol–water partition coefficient (Wildman–Crippen LogP) is 3.81. The molecule has 2 rings (SSSR count). The third-order valence-electron chi connectivity index (χ3n) is 2.56. The lowest BCUT2D eigenvalue weighted by Crippen LogP contribution is -2.08. The number of pyridine rings is 1. The Hall–Kier alpha value is -2.04. The van der Waals surface area contributed by atoms with Gasteiger partial charge in [0.05, 0.1) is 11.3 Å². The number of nitrogens with zero attached hydrogens (tertiary/aromatic N) is 1. The van der Waals surface area contributed by atoms with Crippen molar-refractivity contribution in [3.8, 4) is 11.3 Å². The van der Waals surface area contributed by atoms with Crippen molar-refractivity contribution in [1.82, 2.24) is 4.98 Å². The van der Waals surface area contributed by atoms with Gasteiger partial charge in [-0.15, -0.1) is 0 Å². The van der Waals surface area contributed by atoms with Gasteiger partial charge in [-0.05, 0) is 24.3 Å². The van der Waals surface area contributed by atoms with Crippen molar-refractivity contribution in [3.05, 3.63) is 48.2 Å². The van der Waals surface area contributed by atoms with Crippen molar-refractivity contribution in [3.63, 3.8) is 0 Å². The van der Waals surface area contributed by atoms with Gasteiger partial charge in [-0.2, -0.15) is 13.2 Å². The summed E-state index contributed by atoms with van der Waals surface area (Å²) in [5, 5.41) is 2.91. The first-order chi connectivity index (χ1) is 8.52. The van der Waals surface area contributed by atoms with Crippen molar-refractivity contribution >= 4 is 5.69 Å². The van der Waals surface area contributed by atoms with E-state index in [0.29, 0.717) is 5.56 Å². The van der Waals surface area contributed by atoms with Gasteiger partial charge >= 0.3 is 6.18 Å². The molecule has 1 aromatic carbocycles. The third kappa shape index (κ3) is 2.45. The molecule has 2 aromatic rings. The lowest BCUT2D eigenvalue weighted by molar-refractivity contribution is -0.137. The number of anilines is 1. The fourth-order valence-electron chi connectivity index (χ4n) is 1.66. The lowest BCUT2D eigenvalue weighted by Gasteiger charge is -2.11. The Morgan fingerprint density at radius 1 is 1.06 bits per heavy atom. The Kier molecular flexibility index (Phi) is 3.23. The van der Waals surface area contributed by atoms with Gasteiger partial charge in [0.1, 0.15) is 0 Å². The maximum absolute atomic E-state index is 12.8. The van der Waals surface area contributed by atoms with Gasteiger partial charge in [-0.3, -0.25) is 4.98 Å². The molecule has 1 heterocycles. The Balaban J connectivity index is 2.50. The zero-order valence-electron chi connectivity index (χ0n) is 9.62. The van der Waals surface area contributed by atoms with Gasteiger partial charge in [0.15, 0.2) is 0 Å². The summed E-state index contributed by atoms with van der Waals surface area (Å²) < 4.78 is 38.5.